The van der Waals surface area contributed by atoms with E-state index >= 15 is 0 Å². The minimum atomic E-state index is -0.841. The molecule has 0 aliphatic carbocycles. The van der Waals surface area contributed by atoms with Crippen LogP contribution in [0.1, 0.15) is 18.6 Å². The summed E-state index contributed by atoms with van der Waals surface area (Å²) in [5.74, 6) is -0.187. The smallest absolute Gasteiger partial charge is 0.119 e. The van der Waals surface area contributed by atoms with Crippen LogP contribution >= 0.6 is 0 Å². The fraction of sp³-hybridized carbons (Fsp3) is 0.455. The fourth-order valence-electron chi connectivity index (χ4n) is 1.31. The molecule has 2 atom stereocenters. The van der Waals surface area contributed by atoms with E-state index in [-0.39, 0.29) is 30.7 Å². The van der Waals surface area contributed by atoms with Gasteiger partial charge >= 0.3 is 0 Å². The molecule has 1 rings (SSSR count). The molecular formula is C11H17NO4. The van der Waals surface area contributed by atoms with Gasteiger partial charge in [-0.25, -0.2) is 0 Å². The Balaban J connectivity index is 2.62. The summed E-state index contributed by atoms with van der Waals surface area (Å²) in [6.45, 7) is 2.01. The van der Waals surface area contributed by atoms with Crippen LogP contribution in [0.25, 0.3) is 0 Å². The van der Waals surface area contributed by atoms with Gasteiger partial charge in [-0.3, -0.25) is 0 Å². The molecule has 0 radical (unpaired) electrons. The Labute approximate surface area is 94.0 Å². The normalized spacial score (nSPS) is 14.7. The van der Waals surface area contributed by atoms with Crippen molar-refractivity contribution in [3.8, 4) is 11.5 Å². The molecule has 0 aliphatic heterocycles. The number of phenols is 2. The van der Waals surface area contributed by atoms with Crippen LogP contribution in [0.4, 0.5) is 0 Å². The molecule has 0 bridgehead atoms. The third kappa shape index (κ3) is 3.69. The monoisotopic (exact) mass is 227 g/mol. The van der Waals surface area contributed by atoms with E-state index in [9.17, 15) is 15.3 Å². The van der Waals surface area contributed by atoms with Crippen molar-refractivity contribution in [2.45, 2.75) is 19.1 Å². The SMILES string of the molecule is CC(CO)NCC(O)c1cc(O)cc(O)c1. The van der Waals surface area contributed by atoms with E-state index in [4.69, 9.17) is 5.11 Å². The molecule has 0 spiro atoms. The van der Waals surface area contributed by atoms with Gasteiger partial charge < -0.3 is 25.7 Å². The summed E-state index contributed by atoms with van der Waals surface area (Å²) < 4.78 is 0. The zero-order chi connectivity index (χ0) is 12.1. The second kappa shape index (κ2) is 5.69. The highest BCUT2D eigenvalue weighted by atomic mass is 16.3. The van der Waals surface area contributed by atoms with E-state index in [2.05, 4.69) is 5.32 Å². The number of phenolic OH excluding ortho intramolecular Hbond substituents is 2. The van der Waals surface area contributed by atoms with Crippen molar-refractivity contribution in [1.82, 2.24) is 5.32 Å². The molecule has 5 nitrogen and oxygen atoms in total. The Kier molecular flexibility index (Phi) is 4.54. The molecule has 1 aromatic rings. The van der Waals surface area contributed by atoms with Gasteiger partial charge in [0.1, 0.15) is 11.5 Å². The maximum atomic E-state index is 9.75. The Hall–Kier alpha value is -1.30. The first kappa shape index (κ1) is 12.8. The lowest BCUT2D eigenvalue weighted by Gasteiger charge is -2.16. The molecular weight excluding hydrogens is 210 g/mol. The van der Waals surface area contributed by atoms with Crippen LogP contribution in [-0.2, 0) is 0 Å². The summed E-state index contributed by atoms with van der Waals surface area (Å²) in [6, 6.07) is 3.85. The summed E-state index contributed by atoms with van der Waals surface area (Å²) in [4.78, 5) is 0. The number of benzene rings is 1. The summed E-state index contributed by atoms with van der Waals surface area (Å²) in [7, 11) is 0. The second-order valence-corrected chi connectivity index (χ2v) is 3.79. The molecule has 0 heterocycles. The molecule has 90 valence electrons. The molecule has 0 saturated heterocycles. The van der Waals surface area contributed by atoms with Crippen LogP contribution in [0.2, 0.25) is 0 Å². The van der Waals surface area contributed by atoms with Gasteiger partial charge in [-0.2, -0.15) is 0 Å². The third-order valence-corrected chi connectivity index (χ3v) is 2.24. The molecule has 0 saturated carbocycles. The summed E-state index contributed by atoms with van der Waals surface area (Å²) >= 11 is 0. The highest BCUT2D eigenvalue weighted by Gasteiger charge is 2.11. The highest BCUT2D eigenvalue weighted by Crippen LogP contribution is 2.24. The average Bonchev–Trinajstić information content (AvgIpc) is 2.23. The lowest BCUT2D eigenvalue weighted by atomic mass is 10.1. The lowest BCUT2D eigenvalue weighted by Crippen LogP contribution is -2.32. The summed E-state index contributed by atoms with van der Waals surface area (Å²) in [6.07, 6.45) is -0.841. The second-order valence-electron chi connectivity index (χ2n) is 3.79. The number of aromatic hydroxyl groups is 2. The predicted molar refractivity (Wildman–Crippen MR) is 59.3 cm³/mol. The van der Waals surface area contributed by atoms with Gasteiger partial charge in [0.25, 0.3) is 0 Å². The van der Waals surface area contributed by atoms with Crippen LogP contribution in [-0.4, -0.2) is 39.6 Å². The van der Waals surface area contributed by atoms with Crippen molar-refractivity contribution in [3.63, 3.8) is 0 Å². The minimum Gasteiger partial charge on any atom is -0.508 e. The number of hydrogen-bond donors (Lipinski definition) is 5. The molecule has 5 N–H and O–H groups in total. The number of rotatable bonds is 5. The molecule has 0 fully saturated rings. The van der Waals surface area contributed by atoms with Crippen LogP contribution in [0.3, 0.4) is 0 Å². The average molecular weight is 227 g/mol. The number of hydrogen-bond acceptors (Lipinski definition) is 5. The van der Waals surface area contributed by atoms with Crippen molar-refractivity contribution in [2.24, 2.45) is 0 Å². The number of nitrogens with one attached hydrogen (secondary N) is 1. The van der Waals surface area contributed by atoms with E-state index in [1.165, 1.54) is 18.2 Å². The topological polar surface area (TPSA) is 93.0 Å². The molecule has 16 heavy (non-hydrogen) atoms. The number of aliphatic hydroxyl groups is 2. The predicted octanol–water partition coefficient (Wildman–Crippen LogP) is 0.102. The van der Waals surface area contributed by atoms with Crippen LogP contribution in [0.15, 0.2) is 18.2 Å². The van der Waals surface area contributed by atoms with Crippen molar-refractivity contribution < 1.29 is 20.4 Å². The highest BCUT2D eigenvalue weighted by molar-refractivity contribution is 5.37. The van der Waals surface area contributed by atoms with Gasteiger partial charge in [-0.1, -0.05) is 0 Å². The third-order valence-electron chi connectivity index (χ3n) is 2.24. The first-order valence-corrected chi connectivity index (χ1v) is 5.08. The quantitative estimate of drug-likeness (QED) is 0.492. The standard InChI is InChI=1S/C11H17NO4/c1-7(6-13)12-5-11(16)8-2-9(14)4-10(15)3-8/h2-4,7,11-16H,5-6H2,1H3. The molecule has 0 aromatic heterocycles. The van der Waals surface area contributed by atoms with Gasteiger partial charge in [0, 0.05) is 18.7 Å². The van der Waals surface area contributed by atoms with Crippen molar-refractivity contribution in [1.29, 1.82) is 0 Å². The van der Waals surface area contributed by atoms with E-state index in [0.717, 1.165) is 0 Å². The maximum Gasteiger partial charge on any atom is 0.119 e. The largest absolute Gasteiger partial charge is 0.508 e. The fourth-order valence-corrected chi connectivity index (χ4v) is 1.31. The van der Waals surface area contributed by atoms with Gasteiger partial charge in [-0.15, -0.1) is 0 Å². The first-order chi connectivity index (χ1) is 7.52. The van der Waals surface area contributed by atoms with Crippen LogP contribution in [0, 0.1) is 0 Å². The summed E-state index contributed by atoms with van der Waals surface area (Å²) in [5, 5.41) is 39.9. The van der Waals surface area contributed by atoms with Crippen molar-refractivity contribution >= 4 is 0 Å². The molecule has 0 aliphatic rings. The zero-order valence-corrected chi connectivity index (χ0v) is 9.09. The van der Waals surface area contributed by atoms with E-state index in [1.807, 2.05) is 0 Å². The Morgan fingerprint density at radius 1 is 1.19 bits per heavy atom. The number of aliphatic hydroxyl groups excluding tert-OH is 2. The van der Waals surface area contributed by atoms with Crippen molar-refractivity contribution in [2.75, 3.05) is 13.2 Å². The minimum absolute atomic E-state index is 0.0159. The maximum absolute atomic E-state index is 9.75. The van der Waals surface area contributed by atoms with E-state index in [0.29, 0.717) is 5.56 Å². The first-order valence-electron chi connectivity index (χ1n) is 5.08. The van der Waals surface area contributed by atoms with Crippen LogP contribution in [0.5, 0.6) is 11.5 Å². The van der Waals surface area contributed by atoms with Gasteiger partial charge in [0.2, 0.25) is 0 Å². The summed E-state index contributed by atoms with van der Waals surface area (Å²) in [5.41, 5.74) is 0.426. The molecule has 2 unspecified atom stereocenters. The Bertz CT molecular complexity index is 323. The lowest BCUT2D eigenvalue weighted by molar-refractivity contribution is 0.160. The van der Waals surface area contributed by atoms with Crippen molar-refractivity contribution in [3.05, 3.63) is 23.8 Å². The Morgan fingerprint density at radius 2 is 1.75 bits per heavy atom. The van der Waals surface area contributed by atoms with Gasteiger partial charge in [0.15, 0.2) is 0 Å². The molecule has 0 amide bonds. The van der Waals surface area contributed by atoms with Gasteiger partial charge in [-0.05, 0) is 24.6 Å². The van der Waals surface area contributed by atoms with Crippen LogP contribution < -0.4 is 5.32 Å². The molecule has 5 heteroatoms. The van der Waals surface area contributed by atoms with E-state index in [1.54, 1.807) is 6.92 Å². The zero-order valence-electron chi connectivity index (χ0n) is 9.09. The van der Waals surface area contributed by atoms with Gasteiger partial charge in [0.05, 0.1) is 12.7 Å². The molecule has 1 aromatic carbocycles. The van der Waals surface area contributed by atoms with E-state index < -0.39 is 6.10 Å². The Morgan fingerprint density at radius 3 is 2.25 bits per heavy atom.